The maximum absolute atomic E-state index is 11.7. The van der Waals surface area contributed by atoms with Gasteiger partial charge in [0.05, 0.1) is 12.4 Å². The van der Waals surface area contributed by atoms with Crippen LogP contribution in [-0.2, 0) is 16.3 Å². The molecule has 0 aliphatic heterocycles. The van der Waals surface area contributed by atoms with Crippen LogP contribution >= 0.6 is 0 Å². The van der Waals surface area contributed by atoms with Gasteiger partial charge in [-0.05, 0) is 49.9 Å². The lowest BCUT2D eigenvalue weighted by Gasteiger charge is -2.28. The van der Waals surface area contributed by atoms with Crippen LogP contribution in [0.4, 0.5) is 0 Å². The van der Waals surface area contributed by atoms with Crippen LogP contribution in [0.5, 0.6) is 5.75 Å². The van der Waals surface area contributed by atoms with Gasteiger partial charge >= 0.3 is 0 Å². The van der Waals surface area contributed by atoms with Crippen LogP contribution in [0.25, 0.3) is 0 Å². The smallest absolute Gasteiger partial charge is 0.150 e. The first kappa shape index (κ1) is 16.3. The molecule has 1 aromatic rings. The molecule has 1 saturated carbocycles. The van der Waals surface area contributed by atoms with Crippen molar-refractivity contribution in [3.63, 3.8) is 0 Å². The Kier molecular flexibility index (Phi) is 5.65. The number of rotatable bonds is 6. The molecule has 21 heavy (non-hydrogen) atoms. The number of hydrogen-bond acceptors (Lipinski definition) is 4. The van der Waals surface area contributed by atoms with E-state index >= 15 is 0 Å². The molecule has 5 heteroatoms. The second-order valence-electron chi connectivity index (χ2n) is 5.87. The molecule has 0 heterocycles. The maximum Gasteiger partial charge on any atom is 0.150 e. The van der Waals surface area contributed by atoms with E-state index in [2.05, 4.69) is 11.4 Å². The van der Waals surface area contributed by atoms with Crippen molar-refractivity contribution in [1.29, 1.82) is 0 Å². The molecular weight excluding hydrogens is 286 g/mol. The highest BCUT2D eigenvalue weighted by Gasteiger charge is 2.28. The third-order valence-corrected chi connectivity index (χ3v) is 5.85. The number of hydrogen-bond donors (Lipinski definition) is 1. The summed E-state index contributed by atoms with van der Waals surface area (Å²) in [4.78, 5) is 0. The molecule has 1 N–H and O–H groups in total. The third-order valence-electron chi connectivity index (χ3n) is 4.21. The molecule has 0 spiro atoms. The zero-order chi connectivity index (χ0) is 15.3. The Bertz CT molecular complexity index is 556. The first-order valence-corrected chi connectivity index (χ1v) is 9.49. The highest BCUT2D eigenvalue weighted by atomic mass is 32.2. The van der Waals surface area contributed by atoms with E-state index in [9.17, 15) is 8.42 Å². The van der Waals surface area contributed by atoms with E-state index in [1.807, 2.05) is 18.2 Å². The Hall–Kier alpha value is -1.07. The third kappa shape index (κ3) is 5.00. The molecule has 0 radical (unpaired) electrons. The summed E-state index contributed by atoms with van der Waals surface area (Å²) >= 11 is 0. The van der Waals surface area contributed by atoms with E-state index in [0.29, 0.717) is 6.04 Å². The summed E-state index contributed by atoms with van der Waals surface area (Å²) in [5.74, 6) is 0.877. The van der Waals surface area contributed by atoms with E-state index in [1.165, 1.54) is 11.8 Å². The van der Waals surface area contributed by atoms with Gasteiger partial charge in [-0.1, -0.05) is 18.6 Å². The van der Waals surface area contributed by atoms with Crippen molar-refractivity contribution in [2.75, 3.05) is 19.9 Å². The van der Waals surface area contributed by atoms with Crippen LogP contribution < -0.4 is 10.1 Å². The minimum Gasteiger partial charge on any atom is -0.497 e. The van der Waals surface area contributed by atoms with Crippen molar-refractivity contribution < 1.29 is 13.2 Å². The maximum atomic E-state index is 11.7. The van der Waals surface area contributed by atoms with Gasteiger partial charge in [0.2, 0.25) is 0 Å². The fourth-order valence-corrected chi connectivity index (χ4v) is 4.14. The van der Waals surface area contributed by atoms with Crippen molar-refractivity contribution >= 4 is 9.84 Å². The molecule has 0 bridgehead atoms. The largest absolute Gasteiger partial charge is 0.497 e. The molecule has 118 valence electrons. The summed E-state index contributed by atoms with van der Waals surface area (Å²) in [5, 5.41) is 3.34. The summed E-state index contributed by atoms with van der Waals surface area (Å²) in [5.41, 5.74) is 1.23. The quantitative estimate of drug-likeness (QED) is 0.875. The zero-order valence-electron chi connectivity index (χ0n) is 12.8. The van der Waals surface area contributed by atoms with E-state index < -0.39 is 9.84 Å². The first-order chi connectivity index (χ1) is 9.99. The Balaban J connectivity index is 1.80. The van der Waals surface area contributed by atoms with Crippen LogP contribution in [-0.4, -0.2) is 39.6 Å². The normalized spacial score (nSPS) is 23.0. The summed E-state index contributed by atoms with van der Waals surface area (Å²) < 4.78 is 28.5. The lowest BCUT2D eigenvalue weighted by atomic mass is 9.95. The Morgan fingerprint density at radius 2 is 2.14 bits per heavy atom. The summed E-state index contributed by atoms with van der Waals surface area (Å²) in [6, 6.07) is 8.39. The molecule has 1 aliphatic carbocycles. The number of methoxy groups -OCH3 is 1. The van der Waals surface area contributed by atoms with Gasteiger partial charge in [-0.2, -0.15) is 0 Å². The van der Waals surface area contributed by atoms with Gasteiger partial charge in [-0.25, -0.2) is 8.42 Å². The zero-order valence-corrected chi connectivity index (χ0v) is 13.7. The van der Waals surface area contributed by atoms with E-state index in [4.69, 9.17) is 4.74 Å². The summed E-state index contributed by atoms with van der Waals surface area (Å²) in [6.07, 6.45) is 5.91. The molecule has 4 nitrogen and oxygen atoms in total. The van der Waals surface area contributed by atoms with Crippen molar-refractivity contribution in [2.24, 2.45) is 0 Å². The number of sulfone groups is 1. The first-order valence-electron chi connectivity index (χ1n) is 7.54. The van der Waals surface area contributed by atoms with E-state index in [1.54, 1.807) is 7.11 Å². The van der Waals surface area contributed by atoms with Crippen LogP contribution in [0.15, 0.2) is 24.3 Å². The van der Waals surface area contributed by atoms with Gasteiger partial charge in [0.15, 0.2) is 0 Å². The second kappa shape index (κ2) is 7.27. The van der Waals surface area contributed by atoms with Crippen molar-refractivity contribution in [2.45, 2.75) is 43.4 Å². The van der Waals surface area contributed by atoms with Gasteiger partial charge in [0.1, 0.15) is 15.6 Å². The number of benzene rings is 1. The lowest BCUT2D eigenvalue weighted by molar-refractivity contribution is 0.374. The average molecular weight is 311 g/mol. The molecule has 0 aromatic heterocycles. The minimum atomic E-state index is -2.90. The molecule has 1 fully saturated rings. The fraction of sp³-hybridized carbons (Fsp3) is 0.625. The van der Waals surface area contributed by atoms with Crippen molar-refractivity contribution in [3.05, 3.63) is 29.8 Å². The van der Waals surface area contributed by atoms with Crippen LogP contribution in [0.3, 0.4) is 0 Å². The van der Waals surface area contributed by atoms with E-state index in [0.717, 1.165) is 44.4 Å². The predicted octanol–water partition coefficient (Wildman–Crippen LogP) is 2.18. The summed E-state index contributed by atoms with van der Waals surface area (Å²) in [7, 11) is -1.23. The van der Waals surface area contributed by atoms with Crippen molar-refractivity contribution in [3.8, 4) is 5.75 Å². The molecule has 2 unspecified atom stereocenters. The second-order valence-corrected chi connectivity index (χ2v) is 8.20. The predicted molar refractivity (Wildman–Crippen MR) is 85.6 cm³/mol. The standard InChI is InChI=1S/C16H25NO3S/c1-20-15-7-3-5-13(11-15)9-10-17-14-6-4-8-16(12-14)21(2,18)19/h3,5,7,11,14,16-17H,4,6,8-10,12H2,1-2H3. The highest BCUT2D eigenvalue weighted by molar-refractivity contribution is 7.91. The van der Waals surface area contributed by atoms with Gasteiger partial charge in [0.25, 0.3) is 0 Å². The number of nitrogens with one attached hydrogen (secondary N) is 1. The van der Waals surface area contributed by atoms with Crippen LogP contribution in [0.2, 0.25) is 0 Å². The van der Waals surface area contributed by atoms with Gasteiger partial charge < -0.3 is 10.1 Å². The monoisotopic (exact) mass is 311 g/mol. The van der Waals surface area contributed by atoms with Crippen LogP contribution in [0, 0.1) is 0 Å². The summed E-state index contributed by atoms with van der Waals surface area (Å²) in [6.45, 7) is 0.869. The van der Waals surface area contributed by atoms with Gasteiger partial charge in [0, 0.05) is 12.3 Å². The molecule has 2 rings (SSSR count). The van der Waals surface area contributed by atoms with E-state index in [-0.39, 0.29) is 5.25 Å². The molecule has 1 aliphatic rings. The molecule has 0 amide bonds. The topological polar surface area (TPSA) is 55.4 Å². The van der Waals surface area contributed by atoms with Crippen molar-refractivity contribution in [1.82, 2.24) is 5.32 Å². The Labute approximate surface area is 127 Å². The Morgan fingerprint density at radius 3 is 2.86 bits per heavy atom. The lowest BCUT2D eigenvalue weighted by Crippen LogP contribution is -2.39. The molecule has 1 aromatic carbocycles. The molecular formula is C16H25NO3S. The van der Waals surface area contributed by atoms with Gasteiger partial charge in [-0.15, -0.1) is 0 Å². The fourth-order valence-electron chi connectivity index (χ4n) is 2.97. The molecule has 2 atom stereocenters. The van der Waals surface area contributed by atoms with Crippen LogP contribution in [0.1, 0.15) is 31.2 Å². The highest BCUT2D eigenvalue weighted by Crippen LogP contribution is 2.23. The number of ether oxygens (including phenoxy) is 1. The van der Waals surface area contributed by atoms with Gasteiger partial charge in [-0.3, -0.25) is 0 Å². The minimum absolute atomic E-state index is 0.166. The molecule has 0 saturated heterocycles. The average Bonchev–Trinajstić information content (AvgIpc) is 2.47. The Morgan fingerprint density at radius 1 is 1.33 bits per heavy atom. The SMILES string of the molecule is COc1cccc(CCNC2CCCC(S(C)(=O)=O)C2)c1.